The Hall–Kier alpha value is -3.56. The van der Waals surface area contributed by atoms with Crippen molar-refractivity contribution in [3.05, 3.63) is 89.5 Å². The van der Waals surface area contributed by atoms with Gasteiger partial charge in [0, 0.05) is 16.8 Å². The van der Waals surface area contributed by atoms with Gasteiger partial charge in [0.15, 0.2) is 0 Å². The molecule has 0 fully saturated rings. The number of hydrogen-bond acceptors (Lipinski definition) is 6. The number of carbonyl (C=O) groups excluding carboxylic acids is 1. The molecule has 0 aliphatic carbocycles. The van der Waals surface area contributed by atoms with Gasteiger partial charge in [0.2, 0.25) is 5.13 Å². The first kappa shape index (κ1) is 21.7. The SMILES string of the molecule is Cc1cccc(NS(=O)(=O)c2ccc(C)c(C(=O)Nc3nnc(-c4ccccc4)s3)c2)c1. The van der Waals surface area contributed by atoms with E-state index in [1.807, 2.05) is 43.3 Å². The fourth-order valence-electron chi connectivity index (χ4n) is 3.07. The minimum absolute atomic E-state index is 0.00278. The minimum Gasteiger partial charge on any atom is -0.296 e. The lowest BCUT2D eigenvalue weighted by Gasteiger charge is -2.11. The summed E-state index contributed by atoms with van der Waals surface area (Å²) in [5, 5.41) is 11.9. The van der Waals surface area contributed by atoms with Gasteiger partial charge in [-0.05, 0) is 49.2 Å². The fraction of sp³-hybridized carbons (Fsp3) is 0.0870. The summed E-state index contributed by atoms with van der Waals surface area (Å²) < 4.78 is 28.3. The van der Waals surface area contributed by atoms with Crippen LogP contribution in [-0.4, -0.2) is 24.5 Å². The van der Waals surface area contributed by atoms with Gasteiger partial charge >= 0.3 is 0 Å². The molecule has 162 valence electrons. The van der Waals surface area contributed by atoms with E-state index in [1.54, 1.807) is 31.2 Å². The standard InChI is InChI=1S/C23H20N4O3S2/c1-15-7-6-10-18(13-15)27-32(29,30)19-12-11-16(2)20(14-19)21(28)24-23-26-25-22(31-23)17-8-4-3-5-9-17/h3-14,27H,1-2H3,(H,24,26,28). The third kappa shape index (κ3) is 4.84. The van der Waals surface area contributed by atoms with E-state index in [0.29, 0.717) is 21.4 Å². The summed E-state index contributed by atoms with van der Waals surface area (Å²) in [6.07, 6.45) is 0. The normalized spacial score (nSPS) is 11.2. The number of amides is 1. The van der Waals surface area contributed by atoms with Gasteiger partial charge in [0.25, 0.3) is 15.9 Å². The van der Waals surface area contributed by atoms with Crippen molar-refractivity contribution in [2.45, 2.75) is 18.7 Å². The van der Waals surface area contributed by atoms with Gasteiger partial charge in [-0.2, -0.15) is 0 Å². The van der Waals surface area contributed by atoms with Crippen LogP contribution in [0.15, 0.2) is 77.7 Å². The average molecular weight is 465 g/mol. The van der Waals surface area contributed by atoms with Crippen LogP contribution in [0.3, 0.4) is 0 Å². The molecule has 1 aromatic heterocycles. The highest BCUT2D eigenvalue weighted by atomic mass is 32.2. The first-order valence-corrected chi connectivity index (χ1v) is 12.0. The topological polar surface area (TPSA) is 101 Å². The molecular formula is C23H20N4O3S2. The molecule has 3 aromatic carbocycles. The summed E-state index contributed by atoms with van der Waals surface area (Å²) in [5.41, 5.74) is 3.18. The third-order valence-electron chi connectivity index (χ3n) is 4.70. The van der Waals surface area contributed by atoms with E-state index < -0.39 is 15.9 Å². The molecule has 0 spiro atoms. The smallest absolute Gasteiger partial charge is 0.261 e. The Morgan fingerprint density at radius 3 is 2.44 bits per heavy atom. The highest BCUT2D eigenvalue weighted by Crippen LogP contribution is 2.27. The van der Waals surface area contributed by atoms with E-state index in [0.717, 1.165) is 11.1 Å². The molecule has 2 N–H and O–H groups in total. The van der Waals surface area contributed by atoms with Gasteiger partial charge in [-0.3, -0.25) is 14.8 Å². The lowest BCUT2D eigenvalue weighted by Crippen LogP contribution is -2.17. The van der Waals surface area contributed by atoms with Crippen LogP contribution in [0, 0.1) is 13.8 Å². The molecule has 0 unspecified atom stereocenters. The molecule has 0 saturated heterocycles. The van der Waals surface area contributed by atoms with Gasteiger partial charge in [-0.15, -0.1) is 10.2 Å². The monoisotopic (exact) mass is 464 g/mol. The number of carbonyl (C=O) groups is 1. The van der Waals surface area contributed by atoms with Crippen LogP contribution in [-0.2, 0) is 10.0 Å². The molecule has 9 heteroatoms. The summed E-state index contributed by atoms with van der Waals surface area (Å²) in [4.78, 5) is 12.9. The van der Waals surface area contributed by atoms with Crippen molar-refractivity contribution >= 4 is 38.1 Å². The zero-order chi connectivity index (χ0) is 22.7. The van der Waals surface area contributed by atoms with Gasteiger partial charge in [-0.1, -0.05) is 59.9 Å². The lowest BCUT2D eigenvalue weighted by molar-refractivity contribution is 0.102. The highest BCUT2D eigenvalue weighted by molar-refractivity contribution is 7.92. The van der Waals surface area contributed by atoms with Crippen molar-refractivity contribution in [2.75, 3.05) is 10.0 Å². The van der Waals surface area contributed by atoms with Crippen molar-refractivity contribution < 1.29 is 13.2 Å². The molecule has 0 aliphatic heterocycles. The van der Waals surface area contributed by atoms with E-state index in [9.17, 15) is 13.2 Å². The molecule has 32 heavy (non-hydrogen) atoms. The van der Waals surface area contributed by atoms with Crippen LogP contribution in [0.1, 0.15) is 21.5 Å². The van der Waals surface area contributed by atoms with Crippen molar-refractivity contribution in [1.29, 1.82) is 0 Å². The maximum atomic E-state index is 12.9. The number of nitrogens with zero attached hydrogens (tertiary/aromatic N) is 2. The molecule has 0 atom stereocenters. The van der Waals surface area contributed by atoms with Crippen LogP contribution in [0.5, 0.6) is 0 Å². The van der Waals surface area contributed by atoms with Crippen LogP contribution in [0.2, 0.25) is 0 Å². The highest BCUT2D eigenvalue weighted by Gasteiger charge is 2.19. The molecule has 7 nitrogen and oxygen atoms in total. The van der Waals surface area contributed by atoms with Gasteiger partial charge < -0.3 is 0 Å². The largest absolute Gasteiger partial charge is 0.296 e. The molecule has 0 saturated carbocycles. The Bertz CT molecular complexity index is 1380. The second-order valence-corrected chi connectivity index (χ2v) is 9.84. The summed E-state index contributed by atoms with van der Waals surface area (Å²) in [6.45, 7) is 3.62. The van der Waals surface area contributed by atoms with E-state index >= 15 is 0 Å². The van der Waals surface area contributed by atoms with Gasteiger partial charge in [-0.25, -0.2) is 8.42 Å². The quantitative estimate of drug-likeness (QED) is 0.424. The Labute approximate surface area is 190 Å². The average Bonchev–Trinajstić information content (AvgIpc) is 3.22. The van der Waals surface area contributed by atoms with E-state index in [-0.39, 0.29) is 10.5 Å². The Morgan fingerprint density at radius 2 is 1.69 bits per heavy atom. The number of rotatable bonds is 6. The van der Waals surface area contributed by atoms with Crippen LogP contribution in [0.25, 0.3) is 10.6 Å². The van der Waals surface area contributed by atoms with Crippen molar-refractivity contribution in [2.24, 2.45) is 0 Å². The maximum absolute atomic E-state index is 12.9. The van der Waals surface area contributed by atoms with Gasteiger partial charge in [0.05, 0.1) is 4.90 Å². The first-order chi connectivity index (χ1) is 15.3. The summed E-state index contributed by atoms with van der Waals surface area (Å²) in [7, 11) is -3.86. The predicted octanol–water partition coefficient (Wildman–Crippen LogP) is 4.88. The summed E-state index contributed by atoms with van der Waals surface area (Å²) >= 11 is 1.24. The second kappa shape index (κ2) is 8.89. The van der Waals surface area contributed by atoms with Crippen LogP contribution >= 0.6 is 11.3 Å². The first-order valence-electron chi connectivity index (χ1n) is 9.72. The number of sulfonamides is 1. The van der Waals surface area contributed by atoms with Crippen molar-refractivity contribution in [1.82, 2.24) is 10.2 Å². The summed E-state index contributed by atoms with van der Waals surface area (Å²) in [5.74, 6) is -0.453. The lowest BCUT2D eigenvalue weighted by atomic mass is 10.1. The Kier molecular flexibility index (Phi) is 6.02. The number of aryl methyl sites for hydroxylation is 2. The second-order valence-electron chi connectivity index (χ2n) is 7.18. The molecule has 4 rings (SSSR count). The number of anilines is 2. The minimum atomic E-state index is -3.86. The number of benzene rings is 3. The molecule has 1 heterocycles. The molecule has 4 aromatic rings. The number of nitrogens with one attached hydrogen (secondary N) is 2. The van der Waals surface area contributed by atoms with Crippen LogP contribution in [0.4, 0.5) is 10.8 Å². The number of hydrogen-bond donors (Lipinski definition) is 2. The van der Waals surface area contributed by atoms with E-state index in [2.05, 4.69) is 20.2 Å². The Balaban J connectivity index is 1.56. The Morgan fingerprint density at radius 1 is 0.906 bits per heavy atom. The maximum Gasteiger partial charge on any atom is 0.261 e. The van der Waals surface area contributed by atoms with Crippen molar-refractivity contribution in [3.63, 3.8) is 0 Å². The molecule has 0 bridgehead atoms. The van der Waals surface area contributed by atoms with E-state index in [1.165, 1.54) is 23.5 Å². The molecule has 0 radical (unpaired) electrons. The van der Waals surface area contributed by atoms with Gasteiger partial charge in [0.1, 0.15) is 5.01 Å². The predicted molar refractivity (Wildman–Crippen MR) is 126 cm³/mol. The molecular weight excluding hydrogens is 444 g/mol. The zero-order valence-corrected chi connectivity index (χ0v) is 19.0. The molecule has 0 aliphatic rings. The zero-order valence-electron chi connectivity index (χ0n) is 17.4. The summed E-state index contributed by atoms with van der Waals surface area (Å²) in [6, 6.07) is 21.0. The number of aromatic nitrogens is 2. The molecule has 1 amide bonds. The van der Waals surface area contributed by atoms with Crippen LogP contribution < -0.4 is 10.0 Å². The fourth-order valence-corrected chi connectivity index (χ4v) is 4.89. The van der Waals surface area contributed by atoms with E-state index in [4.69, 9.17) is 0 Å². The van der Waals surface area contributed by atoms with Crippen molar-refractivity contribution in [3.8, 4) is 10.6 Å². The third-order valence-corrected chi connectivity index (χ3v) is 6.97.